The fourth-order valence-corrected chi connectivity index (χ4v) is 1.78. The van der Waals surface area contributed by atoms with E-state index in [0.717, 1.165) is 10.0 Å². The number of nitrogens with two attached hydrogens (primary N) is 1. The molecule has 1 aromatic heterocycles. The fraction of sp³-hybridized carbons (Fsp3) is 0.133. The molecule has 2 N–H and O–H groups in total. The highest BCUT2D eigenvalue weighted by Crippen LogP contribution is 2.21. The first kappa shape index (κ1) is 16.0. The van der Waals surface area contributed by atoms with Crippen LogP contribution in [0.1, 0.15) is 11.3 Å². The van der Waals surface area contributed by atoms with Crippen LogP contribution in [0.15, 0.2) is 52.2 Å². The van der Waals surface area contributed by atoms with E-state index in [0.29, 0.717) is 11.4 Å². The first-order chi connectivity index (χ1) is 10.6. The summed E-state index contributed by atoms with van der Waals surface area (Å²) in [7, 11) is 0. The minimum Gasteiger partial charge on any atom is -0.482 e. The molecule has 1 aromatic carbocycles. The van der Waals surface area contributed by atoms with E-state index in [9.17, 15) is 4.79 Å². The smallest absolute Gasteiger partial charge is 0.372 e. The summed E-state index contributed by atoms with van der Waals surface area (Å²) in [6.07, 6.45) is 1.57. The summed E-state index contributed by atoms with van der Waals surface area (Å²) in [6.45, 7) is 1.66. The molecule has 6 nitrogen and oxygen atoms in total. The molecule has 114 valence electrons. The van der Waals surface area contributed by atoms with E-state index >= 15 is 0 Å². The standard InChI is InChI=1S/C15H14BrN3O3/c1-10-8-11(5-6-12(10)16)21-9-14(20)22-19-15(17)13-4-2-3-7-18-13/h2-8H,9H2,1H3,(H2,17,19). The highest BCUT2D eigenvalue weighted by Gasteiger charge is 2.07. The number of benzene rings is 1. The molecule has 0 radical (unpaired) electrons. The van der Waals surface area contributed by atoms with Crippen LogP contribution in [0.5, 0.6) is 5.75 Å². The molecule has 0 aliphatic rings. The van der Waals surface area contributed by atoms with Crippen LogP contribution in [0, 0.1) is 6.92 Å². The molecule has 0 amide bonds. The third kappa shape index (κ3) is 4.56. The largest absolute Gasteiger partial charge is 0.482 e. The Labute approximate surface area is 136 Å². The first-order valence-corrected chi connectivity index (χ1v) is 7.19. The van der Waals surface area contributed by atoms with Crippen LogP contribution in [0.4, 0.5) is 0 Å². The van der Waals surface area contributed by atoms with Crippen molar-refractivity contribution in [2.24, 2.45) is 10.9 Å². The van der Waals surface area contributed by atoms with Gasteiger partial charge in [0.25, 0.3) is 0 Å². The predicted molar refractivity (Wildman–Crippen MR) is 85.4 cm³/mol. The van der Waals surface area contributed by atoms with E-state index in [1.807, 2.05) is 19.1 Å². The minimum atomic E-state index is -0.653. The molecule has 0 fully saturated rings. The molecule has 0 atom stereocenters. The summed E-state index contributed by atoms with van der Waals surface area (Å²) >= 11 is 3.39. The number of ether oxygens (including phenoxy) is 1. The third-order valence-corrected chi connectivity index (χ3v) is 3.55. The van der Waals surface area contributed by atoms with Gasteiger partial charge in [0, 0.05) is 10.7 Å². The van der Waals surface area contributed by atoms with Crippen molar-refractivity contribution in [3.8, 4) is 5.75 Å². The van der Waals surface area contributed by atoms with Gasteiger partial charge in [0.15, 0.2) is 12.4 Å². The minimum absolute atomic E-state index is 0.0217. The Balaban J connectivity index is 1.86. The normalized spacial score (nSPS) is 11.1. The maximum absolute atomic E-state index is 11.6. The van der Waals surface area contributed by atoms with Gasteiger partial charge in [0.1, 0.15) is 11.4 Å². The van der Waals surface area contributed by atoms with Gasteiger partial charge in [-0.15, -0.1) is 0 Å². The van der Waals surface area contributed by atoms with E-state index in [4.69, 9.17) is 10.5 Å². The maximum atomic E-state index is 11.6. The number of amidine groups is 1. The SMILES string of the molecule is Cc1cc(OCC(=O)O/N=C(\N)c2ccccn2)ccc1Br. The molecule has 0 aliphatic heterocycles. The number of pyridine rings is 1. The first-order valence-electron chi connectivity index (χ1n) is 6.40. The molecule has 1 heterocycles. The van der Waals surface area contributed by atoms with Gasteiger partial charge in [-0.2, -0.15) is 0 Å². The molecule has 0 bridgehead atoms. The van der Waals surface area contributed by atoms with Gasteiger partial charge in [0.05, 0.1) is 0 Å². The number of carbonyl (C=O) groups is 1. The Hall–Kier alpha value is -2.41. The lowest BCUT2D eigenvalue weighted by Crippen LogP contribution is -2.18. The summed E-state index contributed by atoms with van der Waals surface area (Å²) in [5.74, 6) is -0.0628. The number of carbonyl (C=O) groups excluding carboxylic acids is 1. The quantitative estimate of drug-likeness (QED) is 0.381. The van der Waals surface area contributed by atoms with E-state index in [-0.39, 0.29) is 12.4 Å². The average molecular weight is 364 g/mol. The lowest BCUT2D eigenvalue weighted by atomic mass is 10.2. The van der Waals surface area contributed by atoms with Crippen molar-refractivity contribution in [3.63, 3.8) is 0 Å². The van der Waals surface area contributed by atoms with Crippen LogP contribution in [0.25, 0.3) is 0 Å². The molecule has 0 saturated heterocycles. The van der Waals surface area contributed by atoms with Crippen LogP contribution < -0.4 is 10.5 Å². The number of rotatable bonds is 5. The van der Waals surface area contributed by atoms with E-state index in [1.165, 1.54) is 0 Å². The van der Waals surface area contributed by atoms with Crippen LogP contribution in [0.2, 0.25) is 0 Å². The molecule has 22 heavy (non-hydrogen) atoms. The molecule has 0 aliphatic carbocycles. The second-order valence-corrected chi connectivity index (χ2v) is 5.21. The van der Waals surface area contributed by atoms with Crippen LogP contribution in [0.3, 0.4) is 0 Å². The van der Waals surface area contributed by atoms with E-state index in [2.05, 4.69) is 30.9 Å². The molecule has 2 aromatic rings. The molecular weight excluding hydrogens is 350 g/mol. The highest BCUT2D eigenvalue weighted by molar-refractivity contribution is 9.10. The maximum Gasteiger partial charge on any atom is 0.372 e. The number of nitrogens with zero attached hydrogens (tertiary/aromatic N) is 2. The molecular formula is C15H14BrN3O3. The summed E-state index contributed by atoms with van der Waals surface area (Å²) in [6, 6.07) is 10.6. The predicted octanol–water partition coefficient (Wildman–Crippen LogP) is 2.40. The van der Waals surface area contributed by atoms with Crippen molar-refractivity contribution in [2.45, 2.75) is 6.92 Å². The number of hydrogen-bond acceptors (Lipinski definition) is 5. The van der Waals surface area contributed by atoms with Crippen LogP contribution in [-0.4, -0.2) is 23.4 Å². The Bertz CT molecular complexity index is 690. The van der Waals surface area contributed by atoms with Crippen LogP contribution in [-0.2, 0) is 9.63 Å². The van der Waals surface area contributed by atoms with Gasteiger partial charge in [-0.3, -0.25) is 4.98 Å². The molecule has 0 spiro atoms. The lowest BCUT2D eigenvalue weighted by molar-refractivity contribution is -0.146. The number of halogens is 1. The number of oxime groups is 1. The number of hydrogen-bond donors (Lipinski definition) is 1. The lowest BCUT2D eigenvalue weighted by Gasteiger charge is -2.06. The Kier molecular flexibility index (Phi) is 5.48. The fourth-order valence-electron chi connectivity index (χ4n) is 1.54. The van der Waals surface area contributed by atoms with Crippen molar-refractivity contribution in [1.82, 2.24) is 4.98 Å². The summed E-state index contributed by atoms with van der Waals surface area (Å²) in [4.78, 5) is 20.2. The molecule has 0 saturated carbocycles. The molecule has 7 heteroatoms. The Morgan fingerprint density at radius 1 is 1.36 bits per heavy atom. The number of aromatic nitrogens is 1. The zero-order valence-electron chi connectivity index (χ0n) is 11.8. The summed E-state index contributed by atoms with van der Waals surface area (Å²) in [5, 5.41) is 3.53. The topological polar surface area (TPSA) is 86.8 Å². The zero-order chi connectivity index (χ0) is 15.9. The second kappa shape index (κ2) is 7.56. The summed E-state index contributed by atoms with van der Waals surface area (Å²) < 4.78 is 6.29. The van der Waals surface area contributed by atoms with E-state index in [1.54, 1.807) is 30.5 Å². The highest BCUT2D eigenvalue weighted by atomic mass is 79.9. The van der Waals surface area contributed by atoms with E-state index < -0.39 is 5.97 Å². The molecule has 0 unspecified atom stereocenters. The molecule has 2 rings (SSSR count). The van der Waals surface area contributed by atoms with Gasteiger partial charge < -0.3 is 15.3 Å². The van der Waals surface area contributed by atoms with Crippen LogP contribution >= 0.6 is 15.9 Å². The van der Waals surface area contributed by atoms with Crippen molar-refractivity contribution >= 4 is 27.7 Å². The van der Waals surface area contributed by atoms with Gasteiger partial charge in [-0.05, 0) is 42.8 Å². The number of aryl methyl sites for hydroxylation is 1. The zero-order valence-corrected chi connectivity index (χ0v) is 13.4. The third-order valence-electron chi connectivity index (χ3n) is 2.66. The monoisotopic (exact) mass is 363 g/mol. The second-order valence-electron chi connectivity index (χ2n) is 4.35. The summed E-state index contributed by atoms with van der Waals surface area (Å²) in [5.41, 5.74) is 7.08. The van der Waals surface area contributed by atoms with Gasteiger partial charge >= 0.3 is 5.97 Å². The Morgan fingerprint density at radius 2 is 2.18 bits per heavy atom. The van der Waals surface area contributed by atoms with Gasteiger partial charge in [-0.1, -0.05) is 27.2 Å². The Morgan fingerprint density at radius 3 is 2.86 bits per heavy atom. The van der Waals surface area contributed by atoms with Crippen molar-refractivity contribution in [2.75, 3.05) is 6.61 Å². The average Bonchev–Trinajstić information content (AvgIpc) is 2.54. The van der Waals surface area contributed by atoms with Crippen molar-refractivity contribution in [3.05, 3.63) is 58.3 Å². The van der Waals surface area contributed by atoms with Crippen molar-refractivity contribution < 1.29 is 14.4 Å². The van der Waals surface area contributed by atoms with Gasteiger partial charge in [-0.25, -0.2) is 4.79 Å². The van der Waals surface area contributed by atoms with Gasteiger partial charge in [0.2, 0.25) is 0 Å². The van der Waals surface area contributed by atoms with Crippen molar-refractivity contribution in [1.29, 1.82) is 0 Å².